The maximum Gasteiger partial charge on any atom is 0.302 e. The summed E-state index contributed by atoms with van der Waals surface area (Å²) in [6, 6.07) is 0. The van der Waals surface area contributed by atoms with Crippen molar-refractivity contribution in [1.82, 2.24) is 5.32 Å². The van der Waals surface area contributed by atoms with Crippen molar-refractivity contribution in [2.24, 2.45) is 46.3 Å². The second kappa shape index (κ2) is 10.2. The fourth-order valence-corrected chi connectivity index (χ4v) is 10.4. The highest BCUT2D eigenvalue weighted by molar-refractivity contribution is 5.74. The van der Waals surface area contributed by atoms with E-state index in [4.69, 9.17) is 4.74 Å². The van der Waals surface area contributed by atoms with Crippen molar-refractivity contribution in [3.8, 4) is 0 Å². The molecule has 2 N–H and O–H groups in total. The summed E-state index contributed by atoms with van der Waals surface area (Å²) in [6.07, 6.45) is 11.0. The number of ether oxygens (including phenoxy) is 1. The lowest BCUT2D eigenvalue weighted by Gasteiger charge is -2.68. The molecule has 0 aromatic rings. The third-order valence-electron chi connectivity index (χ3n) is 11.8. The monoisotopic (exact) mass is 503 g/mol. The van der Waals surface area contributed by atoms with E-state index in [-0.39, 0.29) is 17.3 Å². The number of amides is 1. The van der Waals surface area contributed by atoms with Gasteiger partial charge in [-0.15, -0.1) is 0 Å². The highest BCUT2D eigenvalue weighted by atomic mass is 16.5. The number of esters is 1. The largest absolute Gasteiger partial charge is 0.460 e. The Hall–Kier alpha value is -1.10. The minimum atomic E-state index is -0.903. The zero-order chi connectivity index (χ0) is 26.5. The first-order valence-corrected chi connectivity index (χ1v) is 15.0. The molecule has 0 aromatic heterocycles. The lowest BCUT2D eigenvalue weighted by atomic mass is 9.41. The Morgan fingerprint density at radius 3 is 2.36 bits per heavy atom. The zero-order valence-corrected chi connectivity index (χ0v) is 24.1. The van der Waals surface area contributed by atoms with Gasteiger partial charge >= 0.3 is 5.97 Å². The van der Waals surface area contributed by atoms with Crippen LogP contribution in [0.5, 0.6) is 0 Å². The smallest absolute Gasteiger partial charge is 0.302 e. The molecule has 1 amide bonds. The van der Waals surface area contributed by atoms with Gasteiger partial charge in [0.05, 0.1) is 6.10 Å². The van der Waals surface area contributed by atoms with Crippen molar-refractivity contribution in [2.75, 3.05) is 0 Å². The van der Waals surface area contributed by atoms with Gasteiger partial charge in [0.1, 0.15) is 11.6 Å². The molecule has 0 unspecified atom stereocenters. The summed E-state index contributed by atoms with van der Waals surface area (Å²) in [7, 11) is 0. The van der Waals surface area contributed by atoms with Crippen LogP contribution >= 0.6 is 0 Å². The molecule has 0 bridgehead atoms. The van der Waals surface area contributed by atoms with Gasteiger partial charge in [0.2, 0.25) is 5.91 Å². The Balaban J connectivity index is 1.66. The van der Waals surface area contributed by atoms with E-state index in [1.54, 1.807) is 0 Å². The van der Waals surface area contributed by atoms with Gasteiger partial charge in [0, 0.05) is 13.8 Å². The Morgan fingerprint density at radius 1 is 1.00 bits per heavy atom. The van der Waals surface area contributed by atoms with Gasteiger partial charge in [-0.05, 0) is 91.3 Å². The molecule has 0 radical (unpaired) electrons. The van der Waals surface area contributed by atoms with Gasteiger partial charge in [-0.1, -0.05) is 60.3 Å². The number of fused-ring (bicyclic) bond motifs is 5. The predicted molar refractivity (Wildman–Crippen MR) is 143 cm³/mol. The summed E-state index contributed by atoms with van der Waals surface area (Å²) >= 11 is 0. The maximum absolute atomic E-state index is 12.6. The number of hydrogen-bond donors (Lipinski definition) is 2. The number of aliphatic hydroxyl groups excluding tert-OH is 1. The average molecular weight is 504 g/mol. The van der Waals surface area contributed by atoms with E-state index in [1.807, 2.05) is 0 Å². The molecule has 4 aliphatic rings. The van der Waals surface area contributed by atoms with Crippen LogP contribution < -0.4 is 5.32 Å². The van der Waals surface area contributed by atoms with Crippen LogP contribution in [0.4, 0.5) is 0 Å². The van der Waals surface area contributed by atoms with E-state index < -0.39 is 17.7 Å². The molecule has 0 heterocycles. The second-order valence-electron chi connectivity index (χ2n) is 14.1. The quantitative estimate of drug-likeness (QED) is 0.402. The van der Waals surface area contributed by atoms with E-state index in [9.17, 15) is 14.7 Å². The number of carbonyl (C=O) groups is 2. The summed E-state index contributed by atoms with van der Waals surface area (Å²) in [4.78, 5) is 24.9. The molecule has 0 saturated heterocycles. The van der Waals surface area contributed by atoms with E-state index in [1.165, 1.54) is 52.4 Å². The fourth-order valence-electron chi connectivity index (χ4n) is 10.4. The lowest BCUT2D eigenvalue weighted by Crippen LogP contribution is -2.78. The topological polar surface area (TPSA) is 75.6 Å². The summed E-state index contributed by atoms with van der Waals surface area (Å²) in [5.41, 5.74) is -0.863. The van der Waals surface area contributed by atoms with Crippen LogP contribution in [0.3, 0.4) is 0 Å². The first-order chi connectivity index (χ1) is 16.9. The minimum absolute atomic E-state index is 0.144. The van der Waals surface area contributed by atoms with Crippen molar-refractivity contribution in [2.45, 2.75) is 137 Å². The van der Waals surface area contributed by atoms with Crippen LogP contribution in [0, 0.1) is 46.3 Å². The van der Waals surface area contributed by atoms with Crippen LogP contribution in [0.25, 0.3) is 0 Å². The molecule has 36 heavy (non-hydrogen) atoms. The Labute approximate surface area is 219 Å². The first kappa shape index (κ1) is 27.9. The SMILES string of the molecule is CC(=O)N[C@]12[C@@H](O)CCC[C@]1(C)[C@@H]1CC[C@@]3(C)[C@H](CC[C@@H]3[C@H](C)CCCC(C)C)[C@H]1C[C@H]2OC(C)=O. The summed E-state index contributed by atoms with van der Waals surface area (Å²) in [5, 5.41) is 14.7. The standard InChI is InChI=1S/C31H53NO4/c1-19(2)10-8-11-20(3)24-13-14-25-23-18-28(36-22(5)34)31(32-21(4)33)27(35)12-9-16-30(31,7)26(23)15-17-29(24,25)6/h19-20,23-28,35H,8-18H2,1-7H3,(H,32,33)/t20-,23-,24-,25-,26-,27+,28-,29-,30-,31+/m1/s1. The molecule has 4 rings (SSSR count). The highest BCUT2D eigenvalue weighted by Gasteiger charge is 2.70. The predicted octanol–water partition coefficient (Wildman–Crippen LogP) is 6.27. The fraction of sp³-hybridized carbons (Fsp3) is 0.935. The Kier molecular flexibility index (Phi) is 7.93. The van der Waals surface area contributed by atoms with Gasteiger partial charge in [-0.3, -0.25) is 9.59 Å². The van der Waals surface area contributed by atoms with Crippen LogP contribution in [-0.2, 0) is 14.3 Å². The number of nitrogens with one attached hydrogen (secondary N) is 1. The van der Waals surface area contributed by atoms with Gasteiger partial charge < -0.3 is 15.2 Å². The van der Waals surface area contributed by atoms with E-state index >= 15 is 0 Å². The summed E-state index contributed by atoms with van der Waals surface area (Å²) in [6.45, 7) is 15.0. The van der Waals surface area contributed by atoms with Crippen molar-refractivity contribution >= 4 is 11.9 Å². The van der Waals surface area contributed by atoms with Crippen LogP contribution in [0.2, 0.25) is 0 Å². The van der Waals surface area contributed by atoms with Crippen LogP contribution in [-0.4, -0.2) is 34.7 Å². The summed E-state index contributed by atoms with van der Waals surface area (Å²) in [5.74, 6) is 3.34. The van der Waals surface area contributed by atoms with Crippen molar-refractivity contribution in [3.05, 3.63) is 0 Å². The maximum atomic E-state index is 12.6. The Bertz CT molecular complexity index is 827. The molecular formula is C31H53NO4. The number of carbonyl (C=O) groups excluding carboxylic acids is 2. The van der Waals surface area contributed by atoms with Crippen molar-refractivity contribution in [3.63, 3.8) is 0 Å². The molecule has 4 aliphatic carbocycles. The molecule has 0 aliphatic heterocycles. The van der Waals surface area contributed by atoms with Crippen molar-refractivity contribution < 1.29 is 19.4 Å². The average Bonchev–Trinajstić information content (AvgIpc) is 3.12. The number of rotatable bonds is 7. The molecular weight excluding hydrogens is 450 g/mol. The van der Waals surface area contributed by atoms with Crippen LogP contribution in [0.15, 0.2) is 0 Å². The van der Waals surface area contributed by atoms with E-state index in [2.05, 4.69) is 39.9 Å². The lowest BCUT2D eigenvalue weighted by molar-refractivity contribution is -0.226. The van der Waals surface area contributed by atoms with Gasteiger partial charge in [-0.25, -0.2) is 0 Å². The molecule has 206 valence electrons. The normalized spacial score (nSPS) is 44.8. The molecule has 4 saturated carbocycles. The van der Waals surface area contributed by atoms with Crippen molar-refractivity contribution in [1.29, 1.82) is 0 Å². The highest BCUT2D eigenvalue weighted by Crippen LogP contribution is 2.69. The zero-order valence-electron chi connectivity index (χ0n) is 24.1. The first-order valence-electron chi connectivity index (χ1n) is 15.0. The molecule has 5 heteroatoms. The molecule has 4 fully saturated rings. The van der Waals surface area contributed by atoms with Gasteiger partial charge in [0.25, 0.3) is 0 Å². The summed E-state index contributed by atoms with van der Waals surface area (Å²) < 4.78 is 6.07. The van der Waals surface area contributed by atoms with Gasteiger partial charge in [0.15, 0.2) is 0 Å². The molecule has 0 spiro atoms. The van der Waals surface area contributed by atoms with Gasteiger partial charge in [-0.2, -0.15) is 0 Å². The third-order valence-corrected chi connectivity index (χ3v) is 11.8. The molecule has 5 nitrogen and oxygen atoms in total. The molecule has 10 atom stereocenters. The third kappa shape index (κ3) is 4.43. The Morgan fingerprint density at radius 2 is 1.72 bits per heavy atom. The van der Waals surface area contributed by atoms with E-state index in [0.717, 1.165) is 43.4 Å². The van der Waals surface area contributed by atoms with Crippen LogP contribution in [0.1, 0.15) is 119 Å². The van der Waals surface area contributed by atoms with E-state index in [0.29, 0.717) is 29.6 Å². The second-order valence-corrected chi connectivity index (χ2v) is 14.1. The number of aliphatic hydroxyl groups is 1. The molecule has 0 aromatic carbocycles. The minimum Gasteiger partial charge on any atom is -0.460 e. The number of hydrogen-bond acceptors (Lipinski definition) is 4.